The van der Waals surface area contributed by atoms with Crippen molar-refractivity contribution in [3.8, 4) is 16.5 Å². The van der Waals surface area contributed by atoms with Crippen molar-refractivity contribution in [2.24, 2.45) is 0 Å². The van der Waals surface area contributed by atoms with Crippen molar-refractivity contribution in [2.45, 2.75) is 44.8 Å². The van der Waals surface area contributed by atoms with Gasteiger partial charge in [-0.1, -0.05) is 12.1 Å². The van der Waals surface area contributed by atoms with Crippen molar-refractivity contribution >= 4 is 40.1 Å². The summed E-state index contributed by atoms with van der Waals surface area (Å²) < 4.78 is 7.46. The molecule has 222 valence electrons. The number of amides is 2. The lowest BCUT2D eigenvalue weighted by Gasteiger charge is -2.39. The number of benzene rings is 1. The number of hydrogen-bond acceptors (Lipinski definition) is 8. The summed E-state index contributed by atoms with van der Waals surface area (Å²) in [5.74, 6) is -0.0874. The van der Waals surface area contributed by atoms with Crippen molar-refractivity contribution in [1.29, 1.82) is 5.26 Å². The molecule has 43 heavy (non-hydrogen) atoms. The number of fused-ring (bicyclic) bond motifs is 1. The van der Waals surface area contributed by atoms with Gasteiger partial charge in [-0.3, -0.25) is 24.9 Å². The van der Waals surface area contributed by atoms with Gasteiger partial charge in [0.15, 0.2) is 0 Å². The Kier molecular flexibility index (Phi) is 8.12. The van der Waals surface area contributed by atoms with E-state index in [-0.39, 0.29) is 23.4 Å². The molecule has 0 bridgehead atoms. The number of thiophene rings is 1. The van der Waals surface area contributed by atoms with E-state index in [1.54, 1.807) is 29.4 Å². The Balaban J connectivity index is 1.24. The smallest absolute Gasteiger partial charge is 0.268 e. The Hall–Kier alpha value is -4.31. The van der Waals surface area contributed by atoms with E-state index in [4.69, 9.17) is 9.72 Å². The van der Waals surface area contributed by atoms with E-state index in [1.165, 1.54) is 11.3 Å². The van der Waals surface area contributed by atoms with Crippen LogP contribution in [0, 0.1) is 11.3 Å². The van der Waals surface area contributed by atoms with E-state index < -0.39 is 5.54 Å². The molecule has 0 aliphatic carbocycles. The SMILES string of the molecule is CC(C)(/C=C(\C#N)C(=O)N1CCC[C@H]1Cn1c(NC(=O)c2ccc(-c3cn[nH]c3)s2)nc2ccccc21)N1CCOCC1. The minimum absolute atomic E-state index is 0.151. The van der Waals surface area contributed by atoms with E-state index in [2.05, 4.69) is 26.5 Å². The minimum Gasteiger partial charge on any atom is -0.379 e. The van der Waals surface area contributed by atoms with Gasteiger partial charge in [0.2, 0.25) is 5.95 Å². The third-order valence-electron chi connectivity index (χ3n) is 8.20. The van der Waals surface area contributed by atoms with Gasteiger partial charge in [0.25, 0.3) is 11.8 Å². The number of aromatic nitrogens is 4. The summed E-state index contributed by atoms with van der Waals surface area (Å²) in [4.78, 5) is 37.4. The van der Waals surface area contributed by atoms with Crippen molar-refractivity contribution in [2.75, 3.05) is 38.2 Å². The summed E-state index contributed by atoms with van der Waals surface area (Å²) in [6.45, 7) is 7.85. The zero-order valence-electron chi connectivity index (χ0n) is 24.2. The van der Waals surface area contributed by atoms with Crippen LogP contribution in [-0.2, 0) is 16.1 Å². The van der Waals surface area contributed by atoms with Crippen LogP contribution < -0.4 is 5.32 Å². The molecule has 2 amide bonds. The lowest BCUT2D eigenvalue weighted by Crippen LogP contribution is -2.49. The summed E-state index contributed by atoms with van der Waals surface area (Å²) in [5.41, 5.74) is 2.23. The van der Waals surface area contributed by atoms with Gasteiger partial charge in [0.05, 0.1) is 41.4 Å². The monoisotopic (exact) mass is 598 g/mol. The summed E-state index contributed by atoms with van der Waals surface area (Å²) in [6, 6.07) is 13.4. The number of nitriles is 1. The van der Waals surface area contributed by atoms with Crippen LogP contribution in [0.2, 0.25) is 0 Å². The second-order valence-corrected chi connectivity index (χ2v) is 12.4. The summed E-state index contributed by atoms with van der Waals surface area (Å²) in [5, 5.41) is 19.8. The fourth-order valence-electron chi connectivity index (χ4n) is 5.90. The number of carbonyl (C=O) groups is 2. The molecular formula is C31H34N8O3S. The molecule has 2 aliphatic heterocycles. The maximum absolute atomic E-state index is 13.8. The molecule has 12 heteroatoms. The Labute approximate surface area is 253 Å². The number of anilines is 1. The topological polar surface area (TPSA) is 132 Å². The van der Waals surface area contributed by atoms with Gasteiger partial charge in [-0.05, 0) is 57.0 Å². The number of nitrogens with zero attached hydrogens (tertiary/aromatic N) is 6. The Bertz CT molecular complexity index is 1690. The first-order valence-corrected chi connectivity index (χ1v) is 15.3. The zero-order valence-corrected chi connectivity index (χ0v) is 25.1. The predicted octanol–water partition coefficient (Wildman–Crippen LogP) is 4.29. The van der Waals surface area contributed by atoms with Crippen molar-refractivity contribution < 1.29 is 14.3 Å². The molecule has 0 unspecified atom stereocenters. The van der Waals surface area contributed by atoms with Crippen molar-refractivity contribution in [3.05, 3.63) is 65.3 Å². The van der Waals surface area contributed by atoms with Crippen molar-refractivity contribution in [3.63, 3.8) is 0 Å². The number of hydrogen-bond donors (Lipinski definition) is 2. The summed E-state index contributed by atoms with van der Waals surface area (Å²) >= 11 is 1.38. The van der Waals surface area contributed by atoms with Gasteiger partial charge < -0.3 is 14.2 Å². The standard InChI is InChI=1S/C31H34N8O3S/c1-31(2,37-12-14-42-15-13-37)16-21(17-32)29(41)38-11-5-6-23(38)20-39-25-8-4-3-7-24(25)35-30(39)36-28(40)27-10-9-26(43-27)22-18-33-34-19-22/h3-4,7-10,16,18-19,23H,5-6,11-15,20H2,1-2H3,(H,33,34)(H,35,36,40)/b21-16+/t23-/m0/s1. The highest BCUT2D eigenvalue weighted by Crippen LogP contribution is 2.30. The fraction of sp³-hybridized carbons (Fsp3) is 0.387. The largest absolute Gasteiger partial charge is 0.379 e. The van der Waals surface area contributed by atoms with Gasteiger partial charge in [-0.25, -0.2) is 4.98 Å². The number of imidazole rings is 1. The molecule has 11 nitrogen and oxygen atoms in total. The summed E-state index contributed by atoms with van der Waals surface area (Å²) in [6.07, 6.45) is 6.93. The second kappa shape index (κ2) is 12.1. The van der Waals surface area contributed by atoms with Gasteiger partial charge in [-0.15, -0.1) is 11.3 Å². The number of carbonyl (C=O) groups excluding carboxylic acids is 2. The third kappa shape index (κ3) is 5.97. The normalized spacial score (nSPS) is 18.2. The van der Waals surface area contributed by atoms with Gasteiger partial charge in [-0.2, -0.15) is 10.4 Å². The van der Waals surface area contributed by atoms with Gasteiger partial charge >= 0.3 is 0 Å². The minimum atomic E-state index is -0.461. The quantitative estimate of drug-likeness (QED) is 0.228. The van der Waals surface area contributed by atoms with Crippen LogP contribution in [-0.4, -0.2) is 85.8 Å². The lowest BCUT2D eigenvalue weighted by molar-refractivity contribution is -0.127. The number of aromatic amines is 1. The Morgan fingerprint density at radius 2 is 2.02 bits per heavy atom. The van der Waals surface area contributed by atoms with Gasteiger partial charge in [0, 0.05) is 48.4 Å². The average Bonchev–Trinajstić information content (AvgIpc) is 3.84. The molecule has 2 aliphatic rings. The van der Waals surface area contributed by atoms with E-state index in [9.17, 15) is 14.9 Å². The van der Waals surface area contributed by atoms with Crippen LogP contribution in [0.4, 0.5) is 5.95 Å². The molecule has 3 aromatic heterocycles. The highest BCUT2D eigenvalue weighted by atomic mass is 32.1. The van der Waals surface area contributed by atoms with Crippen LogP contribution in [0.1, 0.15) is 36.4 Å². The molecule has 4 aromatic rings. The van der Waals surface area contributed by atoms with Crippen LogP contribution in [0.5, 0.6) is 0 Å². The molecule has 0 spiro atoms. The van der Waals surface area contributed by atoms with Crippen LogP contribution in [0.3, 0.4) is 0 Å². The lowest BCUT2D eigenvalue weighted by atomic mass is 9.97. The third-order valence-corrected chi connectivity index (χ3v) is 9.33. The molecule has 2 fully saturated rings. The Morgan fingerprint density at radius 3 is 2.79 bits per heavy atom. The van der Waals surface area contributed by atoms with Crippen molar-refractivity contribution in [1.82, 2.24) is 29.5 Å². The number of H-pyrrole nitrogens is 1. The summed E-state index contributed by atoms with van der Waals surface area (Å²) in [7, 11) is 0. The zero-order chi connectivity index (χ0) is 30.0. The number of nitrogens with one attached hydrogen (secondary N) is 2. The van der Waals surface area contributed by atoms with Crippen LogP contribution in [0.25, 0.3) is 21.5 Å². The first kappa shape index (κ1) is 28.8. The second-order valence-electron chi connectivity index (χ2n) is 11.4. The number of para-hydroxylation sites is 2. The number of rotatable bonds is 8. The van der Waals surface area contributed by atoms with E-state index in [0.29, 0.717) is 37.1 Å². The van der Waals surface area contributed by atoms with E-state index in [1.807, 2.05) is 48.7 Å². The molecule has 0 saturated carbocycles. The van der Waals surface area contributed by atoms with Gasteiger partial charge in [0.1, 0.15) is 11.6 Å². The maximum Gasteiger partial charge on any atom is 0.268 e. The molecule has 1 aromatic carbocycles. The van der Waals surface area contributed by atoms with E-state index >= 15 is 0 Å². The maximum atomic E-state index is 13.8. The molecule has 5 heterocycles. The molecule has 6 rings (SSSR count). The molecule has 1 atom stereocenters. The first-order chi connectivity index (χ1) is 20.8. The average molecular weight is 599 g/mol. The number of morpholine rings is 1. The molecule has 0 radical (unpaired) electrons. The number of likely N-dealkylation sites (tertiary alicyclic amines) is 1. The molecule has 2 saturated heterocycles. The first-order valence-electron chi connectivity index (χ1n) is 14.5. The molecule has 2 N–H and O–H groups in total. The number of ether oxygens (including phenoxy) is 1. The highest BCUT2D eigenvalue weighted by Gasteiger charge is 2.34. The highest BCUT2D eigenvalue weighted by molar-refractivity contribution is 7.17. The van der Waals surface area contributed by atoms with Crippen LogP contribution in [0.15, 0.2) is 60.4 Å². The van der Waals surface area contributed by atoms with E-state index in [0.717, 1.165) is 47.4 Å². The predicted molar refractivity (Wildman–Crippen MR) is 164 cm³/mol. The van der Waals surface area contributed by atoms with Crippen LogP contribution >= 0.6 is 11.3 Å². The fourth-order valence-corrected chi connectivity index (χ4v) is 6.79. The Morgan fingerprint density at radius 1 is 1.21 bits per heavy atom. The molecular weight excluding hydrogens is 564 g/mol.